The lowest BCUT2D eigenvalue weighted by Gasteiger charge is -2.16. The van der Waals surface area contributed by atoms with Crippen LogP contribution in [0.5, 0.6) is 0 Å². The molecule has 1 fully saturated rings. The standard InChI is InChI=1S/C12H14N2OS/c1-8-5-3-4-6-10(8)7-14-11(15)9(2)13-12(14)16/h3-6,9H,7H2,1-2H3,(H,13,16). The first-order valence-electron chi connectivity index (χ1n) is 5.26. The third-order valence-electron chi connectivity index (χ3n) is 2.81. The van der Waals surface area contributed by atoms with E-state index in [0.29, 0.717) is 11.7 Å². The molecule has 1 unspecified atom stereocenters. The Kier molecular flexibility index (Phi) is 2.92. The highest BCUT2D eigenvalue weighted by Gasteiger charge is 2.31. The van der Waals surface area contributed by atoms with Gasteiger partial charge in [-0.3, -0.25) is 9.69 Å². The monoisotopic (exact) mass is 234 g/mol. The van der Waals surface area contributed by atoms with E-state index in [-0.39, 0.29) is 11.9 Å². The minimum atomic E-state index is -0.198. The molecular formula is C12H14N2OS. The number of carbonyl (C=O) groups excluding carboxylic acids is 1. The van der Waals surface area contributed by atoms with Crippen LogP contribution in [0.2, 0.25) is 0 Å². The number of hydrogen-bond donors (Lipinski definition) is 1. The van der Waals surface area contributed by atoms with Gasteiger partial charge in [0.2, 0.25) is 0 Å². The van der Waals surface area contributed by atoms with Gasteiger partial charge in [0.1, 0.15) is 6.04 Å². The molecule has 2 rings (SSSR count). The Morgan fingerprint density at radius 2 is 2.12 bits per heavy atom. The smallest absolute Gasteiger partial charge is 0.251 e. The van der Waals surface area contributed by atoms with E-state index in [9.17, 15) is 4.79 Å². The fourth-order valence-electron chi connectivity index (χ4n) is 1.77. The van der Waals surface area contributed by atoms with Crippen molar-refractivity contribution in [3.8, 4) is 0 Å². The maximum atomic E-state index is 11.8. The minimum absolute atomic E-state index is 0.0493. The molecule has 1 amide bonds. The molecule has 1 aromatic rings. The molecule has 1 aliphatic heterocycles. The van der Waals surface area contributed by atoms with Gasteiger partial charge in [0.15, 0.2) is 5.11 Å². The van der Waals surface area contributed by atoms with Gasteiger partial charge in [0, 0.05) is 0 Å². The van der Waals surface area contributed by atoms with Crippen molar-refractivity contribution in [2.75, 3.05) is 0 Å². The number of aryl methyl sites for hydroxylation is 1. The van der Waals surface area contributed by atoms with Crippen molar-refractivity contribution >= 4 is 23.2 Å². The van der Waals surface area contributed by atoms with Crippen LogP contribution in [0.4, 0.5) is 0 Å². The van der Waals surface area contributed by atoms with E-state index >= 15 is 0 Å². The van der Waals surface area contributed by atoms with E-state index in [4.69, 9.17) is 12.2 Å². The lowest BCUT2D eigenvalue weighted by Crippen LogP contribution is -2.30. The number of rotatable bonds is 2. The third-order valence-corrected chi connectivity index (χ3v) is 3.15. The molecular weight excluding hydrogens is 220 g/mol. The average Bonchev–Trinajstić information content (AvgIpc) is 2.48. The molecule has 84 valence electrons. The quantitative estimate of drug-likeness (QED) is 0.789. The summed E-state index contributed by atoms with van der Waals surface area (Å²) in [5.74, 6) is 0.0493. The Morgan fingerprint density at radius 1 is 1.44 bits per heavy atom. The van der Waals surface area contributed by atoms with E-state index in [2.05, 4.69) is 5.32 Å². The van der Waals surface area contributed by atoms with Crippen molar-refractivity contribution in [1.29, 1.82) is 0 Å². The predicted octanol–water partition coefficient (Wildman–Crippen LogP) is 1.60. The van der Waals surface area contributed by atoms with Crippen LogP contribution in [0.15, 0.2) is 24.3 Å². The summed E-state index contributed by atoms with van der Waals surface area (Å²) in [5.41, 5.74) is 2.31. The van der Waals surface area contributed by atoms with Gasteiger partial charge in [0.25, 0.3) is 5.91 Å². The van der Waals surface area contributed by atoms with Crippen molar-refractivity contribution in [2.45, 2.75) is 26.4 Å². The van der Waals surface area contributed by atoms with Gasteiger partial charge in [-0.15, -0.1) is 0 Å². The second-order valence-electron chi connectivity index (χ2n) is 4.02. The van der Waals surface area contributed by atoms with Crippen LogP contribution >= 0.6 is 12.2 Å². The van der Waals surface area contributed by atoms with Crippen LogP contribution in [0.3, 0.4) is 0 Å². The molecule has 0 bridgehead atoms. The molecule has 0 aliphatic carbocycles. The van der Waals surface area contributed by atoms with E-state index in [1.54, 1.807) is 4.90 Å². The summed E-state index contributed by atoms with van der Waals surface area (Å²) < 4.78 is 0. The molecule has 0 spiro atoms. The SMILES string of the molecule is Cc1ccccc1CN1C(=O)C(C)NC1=S. The maximum absolute atomic E-state index is 11.8. The molecule has 16 heavy (non-hydrogen) atoms. The summed E-state index contributed by atoms with van der Waals surface area (Å²) in [6, 6.07) is 7.83. The molecule has 1 N–H and O–H groups in total. The molecule has 1 aliphatic rings. The zero-order chi connectivity index (χ0) is 11.7. The molecule has 1 atom stereocenters. The summed E-state index contributed by atoms with van der Waals surface area (Å²) in [6.45, 7) is 4.42. The Hall–Kier alpha value is -1.42. The lowest BCUT2D eigenvalue weighted by atomic mass is 10.1. The predicted molar refractivity (Wildman–Crippen MR) is 66.9 cm³/mol. The van der Waals surface area contributed by atoms with E-state index in [0.717, 1.165) is 5.56 Å². The highest BCUT2D eigenvalue weighted by atomic mass is 32.1. The van der Waals surface area contributed by atoms with Gasteiger partial charge >= 0.3 is 0 Å². The lowest BCUT2D eigenvalue weighted by molar-refractivity contribution is -0.127. The molecule has 4 heteroatoms. The zero-order valence-electron chi connectivity index (χ0n) is 9.36. The highest BCUT2D eigenvalue weighted by Crippen LogP contribution is 2.14. The molecule has 1 heterocycles. The van der Waals surface area contributed by atoms with Gasteiger partial charge in [-0.2, -0.15) is 0 Å². The molecule has 3 nitrogen and oxygen atoms in total. The van der Waals surface area contributed by atoms with Crippen molar-refractivity contribution in [3.05, 3.63) is 35.4 Å². The summed E-state index contributed by atoms with van der Waals surface area (Å²) in [7, 11) is 0. The van der Waals surface area contributed by atoms with Crippen molar-refractivity contribution in [1.82, 2.24) is 10.2 Å². The first kappa shape index (κ1) is 11.1. The summed E-state index contributed by atoms with van der Waals surface area (Å²) in [6.07, 6.45) is 0. The molecule has 1 saturated heterocycles. The number of benzene rings is 1. The normalized spacial score (nSPS) is 20.1. The van der Waals surface area contributed by atoms with Crippen molar-refractivity contribution in [3.63, 3.8) is 0 Å². The van der Waals surface area contributed by atoms with E-state index < -0.39 is 0 Å². The van der Waals surface area contributed by atoms with Crippen LogP contribution < -0.4 is 5.32 Å². The van der Waals surface area contributed by atoms with E-state index in [1.165, 1.54) is 5.56 Å². The Morgan fingerprint density at radius 3 is 2.69 bits per heavy atom. The number of nitrogens with one attached hydrogen (secondary N) is 1. The number of hydrogen-bond acceptors (Lipinski definition) is 2. The van der Waals surface area contributed by atoms with Crippen LogP contribution in [-0.4, -0.2) is 22.0 Å². The number of amides is 1. The molecule has 1 aromatic carbocycles. The first-order valence-corrected chi connectivity index (χ1v) is 5.67. The molecule has 0 saturated carbocycles. The summed E-state index contributed by atoms with van der Waals surface area (Å²) in [4.78, 5) is 13.4. The van der Waals surface area contributed by atoms with Crippen LogP contribution in [-0.2, 0) is 11.3 Å². The Bertz CT molecular complexity index is 444. The van der Waals surface area contributed by atoms with Crippen LogP contribution in [0, 0.1) is 6.92 Å². The number of carbonyl (C=O) groups is 1. The second kappa shape index (κ2) is 4.22. The largest absolute Gasteiger partial charge is 0.351 e. The van der Waals surface area contributed by atoms with Crippen LogP contribution in [0.1, 0.15) is 18.1 Å². The second-order valence-corrected chi connectivity index (χ2v) is 4.41. The zero-order valence-corrected chi connectivity index (χ0v) is 10.2. The average molecular weight is 234 g/mol. The first-order chi connectivity index (χ1) is 7.59. The number of thiocarbonyl (C=S) groups is 1. The Labute approximate surface area is 100 Å². The van der Waals surface area contributed by atoms with Gasteiger partial charge in [0.05, 0.1) is 6.54 Å². The minimum Gasteiger partial charge on any atom is -0.351 e. The fourth-order valence-corrected chi connectivity index (χ4v) is 2.10. The molecule has 0 radical (unpaired) electrons. The van der Waals surface area contributed by atoms with Gasteiger partial charge in [-0.05, 0) is 37.2 Å². The van der Waals surface area contributed by atoms with Crippen molar-refractivity contribution < 1.29 is 4.79 Å². The topological polar surface area (TPSA) is 32.3 Å². The number of nitrogens with zero attached hydrogens (tertiary/aromatic N) is 1. The van der Waals surface area contributed by atoms with Crippen LogP contribution in [0.25, 0.3) is 0 Å². The summed E-state index contributed by atoms with van der Waals surface area (Å²) in [5, 5.41) is 3.49. The Balaban J connectivity index is 2.20. The molecule has 0 aromatic heterocycles. The fraction of sp³-hybridized carbons (Fsp3) is 0.333. The summed E-state index contributed by atoms with van der Waals surface area (Å²) >= 11 is 5.13. The third kappa shape index (κ3) is 1.93. The maximum Gasteiger partial charge on any atom is 0.251 e. The highest BCUT2D eigenvalue weighted by molar-refractivity contribution is 7.80. The van der Waals surface area contributed by atoms with Crippen molar-refractivity contribution in [2.24, 2.45) is 0 Å². The van der Waals surface area contributed by atoms with E-state index in [1.807, 2.05) is 38.1 Å². The van der Waals surface area contributed by atoms with Gasteiger partial charge in [-0.25, -0.2) is 0 Å². The van der Waals surface area contributed by atoms with Gasteiger partial charge in [-0.1, -0.05) is 24.3 Å². The van der Waals surface area contributed by atoms with Gasteiger partial charge < -0.3 is 5.32 Å².